The molecule has 0 radical (unpaired) electrons. The number of amides is 1. The summed E-state index contributed by atoms with van der Waals surface area (Å²) < 4.78 is 0. The van der Waals surface area contributed by atoms with Gasteiger partial charge in [-0.1, -0.05) is 26.2 Å². The largest absolute Gasteiger partial charge is 0.352 e. The van der Waals surface area contributed by atoms with Gasteiger partial charge in [0.2, 0.25) is 5.91 Å². The maximum atomic E-state index is 12.5. The second-order valence-corrected chi connectivity index (χ2v) is 6.76. The Labute approximate surface area is 130 Å². The van der Waals surface area contributed by atoms with Crippen LogP contribution in [0.3, 0.4) is 0 Å². The second kappa shape index (κ2) is 8.74. The molecule has 4 nitrogen and oxygen atoms in total. The molecular formula is C17H33N3O. The van der Waals surface area contributed by atoms with Crippen LogP contribution in [0.1, 0.15) is 65.2 Å². The smallest absolute Gasteiger partial charge is 0.237 e. The molecule has 1 saturated carbocycles. The van der Waals surface area contributed by atoms with Crippen LogP contribution in [0.4, 0.5) is 0 Å². The van der Waals surface area contributed by atoms with Crippen LogP contribution in [-0.2, 0) is 4.79 Å². The van der Waals surface area contributed by atoms with Gasteiger partial charge in [-0.3, -0.25) is 9.69 Å². The number of carbonyl (C=O) groups is 1. The molecule has 1 aliphatic carbocycles. The molecule has 0 aromatic heterocycles. The Morgan fingerprint density at radius 2 is 1.90 bits per heavy atom. The number of nitrogens with one attached hydrogen (secondary N) is 2. The molecule has 2 fully saturated rings. The number of likely N-dealkylation sites (tertiary alicyclic amines) is 1. The van der Waals surface area contributed by atoms with Crippen molar-refractivity contribution < 1.29 is 4.79 Å². The summed E-state index contributed by atoms with van der Waals surface area (Å²) in [7, 11) is 0. The third kappa shape index (κ3) is 4.96. The topological polar surface area (TPSA) is 44.4 Å². The van der Waals surface area contributed by atoms with Crippen LogP contribution in [-0.4, -0.2) is 48.6 Å². The van der Waals surface area contributed by atoms with Crippen LogP contribution in [0.2, 0.25) is 0 Å². The summed E-state index contributed by atoms with van der Waals surface area (Å²) in [5.74, 6) is 0.240. The minimum atomic E-state index is 0.0133. The van der Waals surface area contributed by atoms with Crippen molar-refractivity contribution in [1.82, 2.24) is 15.5 Å². The van der Waals surface area contributed by atoms with Crippen molar-refractivity contribution in [2.24, 2.45) is 0 Å². The minimum absolute atomic E-state index is 0.0133. The highest BCUT2D eigenvalue weighted by Crippen LogP contribution is 2.21. The molecule has 2 aliphatic rings. The molecule has 1 amide bonds. The van der Waals surface area contributed by atoms with Crippen molar-refractivity contribution in [2.75, 3.05) is 19.6 Å². The van der Waals surface area contributed by atoms with E-state index in [1.165, 1.54) is 51.4 Å². The average molecular weight is 295 g/mol. The molecule has 21 heavy (non-hydrogen) atoms. The molecule has 0 aromatic carbocycles. The summed E-state index contributed by atoms with van der Waals surface area (Å²) in [6.07, 6.45) is 9.79. The lowest BCUT2D eigenvalue weighted by atomic mass is 9.99. The average Bonchev–Trinajstić information content (AvgIpc) is 3.00. The van der Waals surface area contributed by atoms with Gasteiger partial charge in [-0.15, -0.1) is 0 Å². The summed E-state index contributed by atoms with van der Waals surface area (Å²) in [4.78, 5) is 14.9. The van der Waals surface area contributed by atoms with Gasteiger partial charge >= 0.3 is 0 Å². The highest BCUT2D eigenvalue weighted by molar-refractivity contribution is 5.81. The number of nitrogens with zero attached hydrogens (tertiary/aromatic N) is 1. The van der Waals surface area contributed by atoms with Crippen molar-refractivity contribution in [2.45, 2.75) is 83.3 Å². The Bertz CT molecular complexity index is 315. The van der Waals surface area contributed by atoms with Crippen LogP contribution in [0, 0.1) is 0 Å². The first-order valence-electron chi connectivity index (χ1n) is 8.99. The Hall–Kier alpha value is -0.610. The number of hydrogen-bond donors (Lipinski definition) is 2. The zero-order valence-corrected chi connectivity index (χ0v) is 13.9. The first-order valence-corrected chi connectivity index (χ1v) is 8.99. The Morgan fingerprint density at radius 1 is 1.19 bits per heavy atom. The number of hydrogen-bond acceptors (Lipinski definition) is 3. The summed E-state index contributed by atoms with van der Waals surface area (Å²) in [6.45, 7) is 7.45. The molecule has 122 valence electrons. The van der Waals surface area contributed by atoms with Crippen molar-refractivity contribution in [3.63, 3.8) is 0 Å². The monoisotopic (exact) mass is 295 g/mol. The predicted molar refractivity (Wildman–Crippen MR) is 87.4 cm³/mol. The third-order valence-corrected chi connectivity index (χ3v) is 5.06. The first-order chi connectivity index (χ1) is 10.2. The van der Waals surface area contributed by atoms with E-state index < -0.39 is 0 Å². The normalized spacial score (nSPS) is 25.9. The van der Waals surface area contributed by atoms with E-state index in [9.17, 15) is 4.79 Å². The fourth-order valence-electron chi connectivity index (χ4n) is 3.74. The van der Waals surface area contributed by atoms with Gasteiger partial charge in [-0.05, 0) is 52.1 Å². The van der Waals surface area contributed by atoms with Gasteiger partial charge in [0.15, 0.2) is 0 Å². The van der Waals surface area contributed by atoms with Crippen molar-refractivity contribution in [3.05, 3.63) is 0 Å². The number of rotatable bonds is 7. The van der Waals surface area contributed by atoms with Crippen molar-refractivity contribution in [3.8, 4) is 0 Å². The maximum Gasteiger partial charge on any atom is 0.237 e. The van der Waals surface area contributed by atoms with Crippen LogP contribution in [0.25, 0.3) is 0 Å². The molecule has 4 heteroatoms. The molecule has 2 atom stereocenters. The van der Waals surface area contributed by atoms with Crippen molar-refractivity contribution >= 4 is 5.91 Å². The Balaban J connectivity index is 1.84. The molecule has 0 aromatic rings. The fourth-order valence-corrected chi connectivity index (χ4v) is 3.74. The van der Waals surface area contributed by atoms with Gasteiger partial charge in [0, 0.05) is 18.6 Å². The van der Waals surface area contributed by atoms with Crippen LogP contribution in [0.5, 0.6) is 0 Å². The molecule has 0 spiro atoms. The maximum absolute atomic E-state index is 12.5. The quantitative estimate of drug-likeness (QED) is 0.708. The molecular weight excluding hydrogens is 262 g/mol. The van der Waals surface area contributed by atoms with E-state index >= 15 is 0 Å². The van der Waals surface area contributed by atoms with Gasteiger partial charge in [0.1, 0.15) is 0 Å². The van der Waals surface area contributed by atoms with Gasteiger partial charge in [0.25, 0.3) is 0 Å². The molecule has 1 saturated heterocycles. The SMILES string of the molecule is CCCNCC1CCCCN1C(C)C(=O)NC1CCCC1. The van der Waals surface area contributed by atoms with Gasteiger partial charge in [-0.25, -0.2) is 0 Å². The predicted octanol–water partition coefficient (Wildman–Crippen LogP) is 2.29. The lowest BCUT2D eigenvalue weighted by Crippen LogP contribution is -2.55. The number of piperidine rings is 1. The summed E-state index contributed by atoms with van der Waals surface area (Å²) in [5.41, 5.74) is 0. The third-order valence-electron chi connectivity index (χ3n) is 5.06. The van der Waals surface area contributed by atoms with Gasteiger partial charge in [-0.2, -0.15) is 0 Å². The molecule has 2 rings (SSSR count). The minimum Gasteiger partial charge on any atom is -0.352 e. The molecule has 2 unspecified atom stereocenters. The van der Waals surface area contributed by atoms with E-state index in [2.05, 4.69) is 29.4 Å². The molecule has 0 bridgehead atoms. The van der Waals surface area contributed by atoms with E-state index in [1.54, 1.807) is 0 Å². The van der Waals surface area contributed by atoms with Gasteiger partial charge < -0.3 is 10.6 Å². The van der Waals surface area contributed by atoms with E-state index in [4.69, 9.17) is 0 Å². The van der Waals surface area contributed by atoms with Crippen LogP contribution >= 0.6 is 0 Å². The van der Waals surface area contributed by atoms with Crippen molar-refractivity contribution in [1.29, 1.82) is 0 Å². The molecule has 2 N–H and O–H groups in total. The lowest BCUT2D eigenvalue weighted by Gasteiger charge is -2.39. The highest BCUT2D eigenvalue weighted by atomic mass is 16.2. The van der Waals surface area contributed by atoms with Crippen LogP contribution < -0.4 is 10.6 Å². The van der Waals surface area contributed by atoms with E-state index in [0.717, 1.165) is 19.6 Å². The highest BCUT2D eigenvalue weighted by Gasteiger charge is 2.31. The summed E-state index contributed by atoms with van der Waals surface area (Å²) >= 11 is 0. The number of carbonyl (C=O) groups excluding carboxylic acids is 1. The Kier molecular flexibility index (Phi) is 6.97. The zero-order valence-electron chi connectivity index (χ0n) is 13.9. The summed E-state index contributed by atoms with van der Waals surface area (Å²) in [5, 5.41) is 6.79. The molecule has 1 aliphatic heterocycles. The van der Waals surface area contributed by atoms with E-state index in [1.807, 2.05) is 0 Å². The zero-order chi connectivity index (χ0) is 15.1. The molecule has 1 heterocycles. The van der Waals surface area contributed by atoms with Gasteiger partial charge in [0.05, 0.1) is 6.04 Å². The summed E-state index contributed by atoms with van der Waals surface area (Å²) in [6, 6.07) is 0.968. The van der Waals surface area contributed by atoms with E-state index in [-0.39, 0.29) is 11.9 Å². The second-order valence-electron chi connectivity index (χ2n) is 6.76. The lowest BCUT2D eigenvalue weighted by molar-refractivity contribution is -0.128. The first kappa shape index (κ1) is 16.8. The standard InChI is InChI=1S/C17H33N3O/c1-3-11-18-13-16-10-6-7-12-20(16)14(2)17(21)19-15-8-4-5-9-15/h14-16,18H,3-13H2,1-2H3,(H,19,21). The fraction of sp³-hybridized carbons (Fsp3) is 0.941. The van der Waals surface area contributed by atoms with Crippen LogP contribution in [0.15, 0.2) is 0 Å². The van der Waals surface area contributed by atoms with E-state index in [0.29, 0.717) is 12.1 Å². The Morgan fingerprint density at radius 3 is 2.62 bits per heavy atom.